The number of nitrogens with zero attached hydrogens (tertiary/aromatic N) is 1. The standard InChI is InChI=1S/C6H7ClN2O2/c1-6(7)3-2-5(4-8-6)9(10)11/h2-4,8H,1H3. The highest BCUT2D eigenvalue weighted by molar-refractivity contribution is 6.24. The third kappa shape index (κ3) is 1.94. The summed E-state index contributed by atoms with van der Waals surface area (Å²) >= 11 is 5.78. The number of halogens is 1. The summed E-state index contributed by atoms with van der Waals surface area (Å²) in [6.45, 7) is 1.71. The summed E-state index contributed by atoms with van der Waals surface area (Å²) in [4.78, 5) is 9.00. The van der Waals surface area contributed by atoms with Gasteiger partial charge in [-0.05, 0) is 13.0 Å². The Hall–Kier alpha value is -1.03. The van der Waals surface area contributed by atoms with Gasteiger partial charge in [-0.15, -0.1) is 0 Å². The zero-order valence-corrected chi connectivity index (χ0v) is 6.63. The van der Waals surface area contributed by atoms with Crippen molar-refractivity contribution in [2.24, 2.45) is 0 Å². The minimum Gasteiger partial charge on any atom is -0.364 e. The van der Waals surface area contributed by atoms with Crippen molar-refractivity contribution in [3.05, 3.63) is 34.2 Å². The molecule has 60 valence electrons. The van der Waals surface area contributed by atoms with E-state index < -0.39 is 9.92 Å². The minimum absolute atomic E-state index is 0.0168. The Balaban J connectivity index is 2.75. The molecule has 1 unspecified atom stereocenters. The first kappa shape index (κ1) is 8.07. The summed E-state index contributed by atoms with van der Waals surface area (Å²) in [7, 11) is 0. The molecule has 0 saturated carbocycles. The lowest BCUT2D eigenvalue weighted by Crippen LogP contribution is -2.33. The molecule has 1 rings (SSSR count). The highest BCUT2D eigenvalue weighted by Crippen LogP contribution is 2.17. The molecule has 5 heteroatoms. The van der Waals surface area contributed by atoms with Crippen molar-refractivity contribution in [2.75, 3.05) is 0 Å². The molecule has 0 amide bonds. The molecule has 0 aromatic rings. The van der Waals surface area contributed by atoms with E-state index in [1.54, 1.807) is 6.92 Å². The SMILES string of the molecule is CC1(Cl)C=CC([N+](=O)[O-])=CN1. The Morgan fingerprint density at radius 3 is 2.82 bits per heavy atom. The number of alkyl halides is 1. The van der Waals surface area contributed by atoms with E-state index in [0.29, 0.717) is 0 Å². The number of dihydropyridines is 1. The summed E-state index contributed by atoms with van der Waals surface area (Å²) in [5.74, 6) is 0. The van der Waals surface area contributed by atoms with Gasteiger partial charge >= 0.3 is 0 Å². The fraction of sp³-hybridized carbons (Fsp3) is 0.333. The topological polar surface area (TPSA) is 55.2 Å². The minimum atomic E-state index is -0.695. The van der Waals surface area contributed by atoms with Crippen LogP contribution in [0.1, 0.15) is 6.92 Å². The normalized spacial score (nSPS) is 29.1. The molecule has 0 aliphatic carbocycles. The van der Waals surface area contributed by atoms with Crippen LogP contribution in [0.25, 0.3) is 0 Å². The highest BCUT2D eigenvalue weighted by atomic mass is 35.5. The summed E-state index contributed by atoms with van der Waals surface area (Å²) in [5, 5.41) is 12.8. The summed E-state index contributed by atoms with van der Waals surface area (Å²) in [6, 6.07) is 0. The molecule has 0 fully saturated rings. The summed E-state index contributed by atoms with van der Waals surface area (Å²) in [5.41, 5.74) is 0.0168. The molecular formula is C6H7ClN2O2. The first-order chi connectivity index (χ1) is 5.01. The largest absolute Gasteiger partial charge is 0.364 e. The Morgan fingerprint density at radius 2 is 2.45 bits per heavy atom. The quantitative estimate of drug-likeness (QED) is 0.282. The van der Waals surface area contributed by atoms with Gasteiger partial charge in [0.1, 0.15) is 5.00 Å². The first-order valence-electron chi connectivity index (χ1n) is 3.02. The second-order valence-corrected chi connectivity index (χ2v) is 3.16. The van der Waals surface area contributed by atoms with Crippen molar-refractivity contribution in [3.8, 4) is 0 Å². The summed E-state index contributed by atoms with van der Waals surface area (Å²) < 4.78 is 0. The van der Waals surface area contributed by atoms with Gasteiger partial charge in [0.2, 0.25) is 0 Å². The van der Waals surface area contributed by atoms with Gasteiger partial charge in [0.25, 0.3) is 5.70 Å². The van der Waals surface area contributed by atoms with Gasteiger partial charge in [-0.2, -0.15) is 0 Å². The molecule has 1 heterocycles. The van der Waals surface area contributed by atoms with Gasteiger partial charge in [-0.1, -0.05) is 11.6 Å². The van der Waals surface area contributed by atoms with E-state index in [2.05, 4.69) is 5.32 Å². The average Bonchev–Trinajstić information content (AvgIpc) is 1.86. The molecule has 1 aliphatic rings. The van der Waals surface area contributed by atoms with Gasteiger partial charge in [0.15, 0.2) is 0 Å². The van der Waals surface area contributed by atoms with E-state index in [9.17, 15) is 10.1 Å². The lowest BCUT2D eigenvalue weighted by molar-refractivity contribution is -0.419. The molecule has 0 radical (unpaired) electrons. The van der Waals surface area contributed by atoms with Crippen LogP contribution in [0.15, 0.2) is 24.0 Å². The Bertz CT molecular complexity index is 245. The number of hydrogen-bond donors (Lipinski definition) is 1. The molecule has 0 saturated heterocycles. The second-order valence-electron chi connectivity index (χ2n) is 2.38. The molecule has 0 spiro atoms. The molecule has 4 nitrogen and oxygen atoms in total. The average molecular weight is 175 g/mol. The first-order valence-corrected chi connectivity index (χ1v) is 3.39. The molecular weight excluding hydrogens is 168 g/mol. The van der Waals surface area contributed by atoms with Crippen molar-refractivity contribution < 1.29 is 4.92 Å². The van der Waals surface area contributed by atoms with Gasteiger partial charge in [0.05, 0.1) is 11.1 Å². The van der Waals surface area contributed by atoms with Crippen LogP contribution in [-0.2, 0) is 0 Å². The monoisotopic (exact) mass is 174 g/mol. The van der Waals surface area contributed by atoms with E-state index >= 15 is 0 Å². The van der Waals surface area contributed by atoms with Crippen LogP contribution in [-0.4, -0.2) is 9.92 Å². The van der Waals surface area contributed by atoms with Crippen molar-refractivity contribution in [3.63, 3.8) is 0 Å². The maximum Gasteiger partial charge on any atom is 0.284 e. The molecule has 1 atom stereocenters. The lowest BCUT2D eigenvalue weighted by Gasteiger charge is -2.19. The predicted octanol–water partition coefficient (Wildman–Crippen LogP) is 1.22. The van der Waals surface area contributed by atoms with E-state index in [1.165, 1.54) is 18.4 Å². The number of rotatable bonds is 1. The lowest BCUT2D eigenvalue weighted by atomic mass is 10.2. The third-order valence-corrected chi connectivity index (χ3v) is 1.52. The zero-order chi connectivity index (χ0) is 8.48. The van der Waals surface area contributed by atoms with Gasteiger partial charge in [-0.25, -0.2) is 0 Å². The third-order valence-electron chi connectivity index (χ3n) is 1.28. The fourth-order valence-corrected chi connectivity index (χ4v) is 0.784. The molecule has 0 aromatic heterocycles. The van der Waals surface area contributed by atoms with Crippen LogP contribution < -0.4 is 5.32 Å². The number of nitro groups is 1. The smallest absolute Gasteiger partial charge is 0.284 e. The molecule has 0 bridgehead atoms. The number of nitrogens with one attached hydrogen (secondary N) is 1. The Labute approximate surface area is 68.7 Å². The molecule has 11 heavy (non-hydrogen) atoms. The van der Waals surface area contributed by atoms with E-state index in [4.69, 9.17) is 11.6 Å². The van der Waals surface area contributed by atoms with E-state index in [0.717, 1.165) is 0 Å². The van der Waals surface area contributed by atoms with Crippen LogP contribution in [0.2, 0.25) is 0 Å². The Morgan fingerprint density at radius 1 is 1.82 bits per heavy atom. The van der Waals surface area contributed by atoms with Crippen LogP contribution in [0, 0.1) is 10.1 Å². The predicted molar refractivity (Wildman–Crippen MR) is 41.6 cm³/mol. The number of allylic oxidation sites excluding steroid dienone is 1. The molecule has 1 aliphatic heterocycles. The highest BCUT2D eigenvalue weighted by Gasteiger charge is 2.21. The molecule has 1 N–H and O–H groups in total. The maximum absolute atomic E-state index is 10.2. The van der Waals surface area contributed by atoms with Crippen molar-refractivity contribution in [2.45, 2.75) is 11.9 Å². The maximum atomic E-state index is 10.2. The van der Waals surface area contributed by atoms with Crippen LogP contribution in [0.3, 0.4) is 0 Å². The summed E-state index contributed by atoms with van der Waals surface area (Å²) in [6.07, 6.45) is 4.20. The van der Waals surface area contributed by atoms with Gasteiger partial charge in [0, 0.05) is 6.08 Å². The van der Waals surface area contributed by atoms with Gasteiger partial charge < -0.3 is 5.32 Å². The fourth-order valence-electron chi connectivity index (χ4n) is 0.667. The van der Waals surface area contributed by atoms with E-state index in [-0.39, 0.29) is 5.70 Å². The van der Waals surface area contributed by atoms with E-state index in [1.807, 2.05) is 0 Å². The van der Waals surface area contributed by atoms with Gasteiger partial charge in [-0.3, -0.25) is 10.1 Å². The Kier molecular flexibility index (Phi) is 1.87. The zero-order valence-electron chi connectivity index (χ0n) is 5.87. The second kappa shape index (κ2) is 2.54. The van der Waals surface area contributed by atoms with Crippen molar-refractivity contribution in [1.82, 2.24) is 5.32 Å². The van der Waals surface area contributed by atoms with Crippen LogP contribution in [0.5, 0.6) is 0 Å². The van der Waals surface area contributed by atoms with Crippen molar-refractivity contribution in [1.29, 1.82) is 0 Å². The number of hydrogen-bond acceptors (Lipinski definition) is 3. The van der Waals surface area contributed by atoms with Crippen LogP contribution >= 0.6 is 11.6 Å². The molecule has 0 aromatic carbocycles. The van der Waals surface area contributed by atoms with Crippen LogP contribution in [0.4, 0.5) is 0 Å². The van der Waals surface area contributed by atoms with Crippen molar-refractivity contribution >= 4 is 11.6 Å².